The van der Waals surface area contributed by atoms with Gasteiger partial charge in [-0.1, -0.05) is 60.7 Å². The lowest BCUT2D eigenvalue weighted by Gasteiger charge is -2.37. The van der Waals surface area contributed by atoms with Gasteiger partial charge in [0.25, 0.3) is 0 Å². The van der Waals surface area contributed by atoms with Crippen molar-refractivity contribution in [2.75, 3.05) is 55.6 Å². The molecule has 0 aliphatic carbocycles. The number of nitrogens with zero attached hydrogens (tertiary/aromatic N) is 3. The van der Waals surface area contributed by atoms with Gasteiger partial charge in [-0.15, -0.1) is 0 Å². The first kappa shape index (κ1) is 22.8. The molecule has 2 aliphatic heterocycles. The number of ether oxygens (including phenoxy) is 1. The fraction of sp³-hybridized carbons (Fsp3) is 0.400. The van der Waals surface area contributed by atoms with Crippen molar-refractivity contribution in [2.45, 2.75) is 32.3 Å². The molecule has 2 heterocycles. The smallest absolute Gasteiger partial charge is 0.143 e. The van der Waals surface area contributed by atoms with Crippen LogP contribution in [0.3, 0.4) is 0 Å². The molecule has 34 heavy (non-hydrogen) atoms. The fourth-order valence-electron chi connectivity index (χ4n) is 5.10. The first-order valence-electron chi connectivity index (χ1n) is 12.9. The third-order valence-electron chi connectivity index (χ3n) is 7.17. The third kappa shape index (κ3) is 5.92. The quantitative estimate of drug-likeness (QED) is 0.439. The molecule has 2 saturated heterocycles. The van der Waals surface area contributed by atoms with E-state index in [-0.39, 0.29) is 0 Å². The second-order valence-corrected chi connectivity index (χ2v) is 9.54. The Morgan fingerprint density at radius 1 is 0.618 bits per heavy atom. The Labute approximate surface area is 204 Å². The number of piperazine rings is 1. The van der Waals surface area contributed by atoms with Crippen molar-refractivity contribution >= 4 is 11.4 Å². The molecule has 0 saturated carbocycles. The molecule has 0 amide bonds. The normalized spacial score (nSPS) is 17.1. The molecule has 2 fully saturated rings. The van der Waals surface area contributed by atoms with Crippen LogP contribution in [0.4, 0.5) is 11.4 Å². The lowest BCUT2D eigenvalue weighted by atomic mass is 10.1. The van der Waals surface area contributed by atoms with Gasteiger partial charge in [0.15, 0.2) is 0 Å². The zero-order valence-electron chi connectivity index (χ0n) is 20.2. The number of piperidine rings is 1. The van der Waals surface area contributed by atoms with E-state index in [9.17, 15) is 0 Å². The molecule has 3 aromatic rings. The number of hydrogen-bond acceptors (Lipinski definition) is 4. The fourth-order valence-corrected chi connectivity index (χ4v) is 5.10. The van der Waals surface area contributed by atoms with Crippen LogP contribution in [0.25, 0.3) is 0 Å². The van der Waals surface area contributed by atoms with Crippen LogP contribution in [-0.4, -0.2) is 50.7 Å². The van der Waals surface area contributed by atoms with Crippen molar-refractivity contribution in [3.63, 3.8) is 0 Å². The zero-order chi connectivity index (χ0) is 23.0. The Bertz CT molecular complexity index is 1010. The van der Waals surface area contributed by atoms with E-state index in [4.69, 9.17) is 4.74 Å². The van der Waals surface area contributed by atoms with Gasteiger partial charge >= 0.3 is 0 Å². The third-order valence-corrected chi connectivity index (χ3v) is 7.17. The summed E-state index contributed by atoms with van der Waals surface area (Å²) in [5.41, 5.74) is 5.23. The standard InChI is InChI=1S/C30H37N3O/c1-4-10-26(11-5-1)16-19-31-20-22-33(23-21-31)29-24-28(32-17-8-3-9-18-32)14-15-30(29)34-25-27-12-6-2-7-13-27/h1-2,4-7,10-15,24H,3,8-9,16-23,25H2. The van der Waals surface area contributed by atoms with Gasteiger partial charge in [0.2, 0.25) is 0 Å². The Balaban J connectivity index is 1.27. The van der Waals surface area contributed by atoms with Gasteiger partial charge in [0, 0.05) is 51.5 Å². The summed E-state index contributed by atoms with van der Waals surface area (Å²) in [6.45, 7) is 8.34. The molecule has 0 unspecified atom stereocenters. The highest BCUT2D eigenvalue weighted by atomic mass is 16.5. The average Bonchev–Trinajstić information content (AvgIpc) is 2.93. The second-order valence-electron chi connectivity index (χ2n) is 9.54. The molecule has 0 bridgehead atoms. The van der Waals surface area contributed by atoms with Gasteiger partial charge in [-0.2, -0.15) is 0 Å². The summed E-state index contributed by atoms with van der Waals surface area (Å²) in [5, 5.41) is 0. The van der Waals surface area contributed by atoms with Crippen molar-refractivity contribution in [3.05, 3.63) is 90.0 Å². The van der Waals surface area contributed by atoms with E-state index >= 15 is 0 Å². The van der Waals surface area contributed by atoms with Crippen molar-refractivity contribution in [2.24, 2.45) is 0 Å². The van der Waals surface area contributed by atoms with Crippen LogP contribution < -0.4 is 14.5 Å². The van der Waals surface area contributed by atoms with Gasteiger partial charge in [-0.3, -0.25) is 4.90 Å². The van der Waals surface area contributed by atoms with Crippen LogP contribution in [0.15, 0.2) is 78.9 Å². The first-order valence-corrected chi connectivity index (χ1v) is 12.9. The van der Waals surface area contributed by atoms with E-state index < -0.39 is 0 Å². The van der Waals surface area contributed by atoms with Gasteiger partial charge in [0.1, 0.15) is 12.4 Å². The van der Waals surface area contributed by atoms with Crippen LogP contribution in [0.1, 0.15) is 30.4 Å². The Hall–Kier alpha value is -2.98. The number of hydrogen-bond donors (Lipinski definition) is 0. The number of benzene rings is 3. The van der Waals surface area contributed by atoms with Crippen LogP contribution in [-0.2, 0) is 13.0 Å². The SMILES string of the molecule is c1ccc(CCN2CCN(c3cc(N4CCCCC4)ccc3OCc3ccccc3)CC2)cc1. The molecule has 0 aromatic heterocycles. The maximum absolute atomic E-state index is 6.38. The molecular weight excluding hydrogens is 418 g/mol. The molecule has 178 valence electrons. The van der Waals surface area contributed by atoms with Gasteiger partial charge in [-0.25, -0.2) is 0 Å². The van der Waals surface area contributed by atoms with E-state index in [0.717, 1.165) is 58.0 Å². The summed E-state index contributed by atoms with van der Waals surface area (Å²) < 4.78 is 6.38. The summed E-state index contributed by atoms with van der Waals surface area (Å²) in [4.78, 5) is 7.68. The number of anilines is 2. The van der Waals surface area contributed by atoms with Crippen LogP contribution >= 0.6 is 0 Å². The molecule has 0 spiro atoms. The Morgan fingerprint density at radius 2 is 1.29 bits per heavy atom. The molecule has 4 nitrogen and oxygen atoms in total. The predicted molar refractivity (Wildman–Crippen MR) is 142 cm³/mol. The zero-order valence-corrected chi connectivity index (χ0v) is 20.2. The predicted octanol–water partition coefficient (Wildman–Crippen LogP) is 5.62. The lowest BCUT2D eigenvalue weighted by Crippen LogP contribution is -2.47. The minimum absolute atomic E-state index is 0.605. The largest absolute Gasteiger partial charge is 0.487 e. The maximum atomic E-state index is 6.38. The first-order chi connectivity index (χ1) is 16.8. The molecule has 3 aromatic carbocycles. The summed E-state index contributed by atoms with van der Waals surface area (Å²) >= 11 is 0. The summed E-state index contributed by atoms with van der Waals surface area (Å²) in [7, 11) is 0. The highest BCUT2D eigenvalue weighted by Gasteiger charge is 2.22. The molecule has 0 N–H and O–H groups in total. The average molecular weight is 456 g/mol. The van der Waals surface area contributed by atoms with Crippen LogP contribution in [0.5, 0.6) is 5.75 Å². The molecule has 5 rings (SSSR count). The lowest BCUT2D eigenvalue weighted by molar-refractivity contribution is 0.258. The van der Waals surface area contributed by atoms with Crippen molar-refractivity contribution in [1.82, 2.24) is 4.90 Å². The maximum Gasteiger partial charge on any atom is 0.143 e. The summed E-state index contributed by atoms with van der Waals surface area (Å²) in [5.74, 6) is 1.00. The van der Waals surface area contributed by atoms with E-state index in [0.29, 0.717) is 6.61 Å². The monoisotopic (exact) mass is 455 g/mol. The molecule has 4 heteroatoms. The highest BCUT2D eigenvalue weighted by Crippen LogP contribution is 2.35. The van der Waals surface area contributed by atoms with Gasteiger partial charge < -0.3 is 14.5 Å². The number of rotatable bonds is 8. The van der Waals surface area contributed by atoms with Crippen LogP contribution in [0.2, 0.25) is 0 Å². The van der Waals surface area contributed by atoms with Crippen LogP contribution in [0, 0.1) is 0 Å². The minimum atomic E-state index is 0.605. The van der Waals surface area contributed by atoms with Crippen molar-refractivity contribution in [3.8, 4) is 5.75 Å². The Morgan fingerprint density at radius 3 is 2.00 bits per heavy atom. The highest BCUT2D eigenvalue weighted by molar-refractivity contribution is 5.67. The summed E-state index contributed by atoms with van der Waals surface area (Å²) in [6, 6.07) is 28.1. The van der Waals surface area contributed by atoms with E-state index in [1.54, 1.807) is 0 Å². The molecule has 0 radical (unpaired) electrons. The van der Waals surface area contributed by atoms with Gasteiger partial charge in [-0.05, 0) is 55.0 Å². The molecule has 2 aliphatic rings. The van der Waals surface area contributed by atoms with Crippen molar-refractivity contribution in [1.29, 1.82) is 0 Å². The van der Waals surface area contributed by atoms with Crippen molar-refractivity contribution < 1.29 is 4.74 Å². The van der Waals surface area contributed by atoms with Gasteiger partial charge in [0.05, 0.1) is 5.69 Å². The minimum Gasteiger partial charge on any atom is -0.487 e. The Kier molecular flexibility index (Phi) is 7.67. The van der Waals surface area contributed by atoms with E-state index in [2.05, 4.69) is 93.6 Å². The van der Waals surface area contributed by atoms with E-state index in [1.807, 2.05) is 0 Å². The van der Waals surface area contributed by atoms with E-state index in [1.165, 1.54) is 41.8 Å². The summed E-state index contributed by atoms with van der Waals surface area (Å²) in [6.07, 6.45) is 5.06. The second kappa shape index (κ2) is 11.4. The topological polar surface area (TPSA) is 19.0 Å². The molecule has 0 atom stereocenters. The molecular formula is C30H37N3O.